The highest BCUT2D eigenvalue weighted by atomic mass is 16.3. The van der Waals surface area contributed by atoms with Crippen molar-refractivity contribution in [1.29, 1.82) is 0 Å². The Labute approximate surface area is 108 Å². The summed E-state index contributed by atoms with van der Waals surface area (Å²) < 4.78 is 6.57. The number of carbonyl (C=O) groups is 2. The molecular weight excluding hydrogens is 250 g/mol. The third-order valence-electron chi connectivity index (χ3n) is 2.45. The molecule has 2 rings (SSSR count). The second-order valence-corrected chi connectivity index (χ2v) is 3.71. The highest BCUT2D eigenvalue weighted by Crippen LogP contribution is 2.03. The molecule has 0 atom stereocenters. The van der Waals surface area contributed by atoms with Gasteiger partial charge in [0.05, 0.1) is 6.54 Å². The zero-order valence-corrected chi connectivity index (χ0v) is 10.3. The van der Waals surface area contributed by atoms with Crippen molar-refractivity contribution in [2.75, 3.05) is 0 Å². The fraction of sp³-hybridized carbons (Fsp3) is 0.273. The molecule has 2 aromatic heterocycles. The lowest BCUT2D eigenvalue weighted by Gasteiger charge is -2.04. The molecule has 2 aromatic rings. The number of nitrogens with zero attached hydrogens (tertiary/aromatic N) is 3. The summed E-state index contributed by atoms with van der Waals surface area (Å²) in [5.41, 5.74) is 5.52. The zero-order valence-electron chi connectivity index (χ0n) is 10.3. The first-order valence-electron chi connectivity index (χ1n) is 5.66. The third-order valence-corrected chi connectivity index (χ3v) is 2.45. The first kappa shape index (κ1) is 12.8. The Kier molecular flexibility index (Phi) is 3.60. The number of nitrogens with one attached hydrogen (secondary N) is 1. The highest BCUT2D eigenvalue weighted by Gasteiger charge is 2.13. The lowest BCUT2D eigenvalue weighted by Crippen LogP contribution is -2.26. The maximum absolute atomic E-state index is 11.9. The fourth-order valence-corrected chi connectivity index (χ4v) is 1.53. The number of hydrogen-bond donors (Lipinski definition) is 2. The van der Waals surface area contributed by atoms with E-state index in [0.717, 1.165) is 6.26 Å². The summed E-state index contributed by atoms with van der Waals surface area (Å²) in [7, 11) is 0. The summed E-state index contributed by atoms with van der Waals surface area (Å²) >= 11 is 0. The second kappa shape index (κ2) is 5.34. The Balaban J connectivity index is 1.98. The van der Waals surface area contributed by atoms with Crippen LogP contribution in [0.1, 0.15) is 33.8 Å². The van der Waals surface area contributed by atoms with Gasteiger partial charge in [0.1, 0.15) is 12.0 Å². The van der Waals surface area contributed by atoms with Gasteiger partial charge in [0.25, 0.3) is 11.8 Å². The van der Waals surface area contributed by atoms with Gasteiger partial charge >= 0.3 is 0 Å². The Bertz CT molecular complexity index is 601. The van der Waals surface area contributed by atoms with Gasteiger partial charge in [0.2, 0.25) is 5.89 Å². The highest BCUT2D eigenvalue weighted by molar-refractivity contribution is 5.92. The van der Waals surface area contributed by atoms with Crippen LogP contribution < -0.4 is 11.1 Å². The van der Waals surface area contributed by atoms with E-state index in [9.17, 15) is 9.59 Å². The largest absolute Gasteiger partial charge is 0.446 e. The van der Waals surface area contributed by atoms with Crippen molar-refractivity contribution >= 4 is 11.8 Å². The fourth-order valence-electron chi connectivity index (χ4n) is 1.53. The monoisotopic (exact) mass is 263 g/mol. The van der Waals surface area contributed by atoms with Crippen molar-refractivity contribution < 1.29 is 14.0 Å². The Morgan fingerprint density at radius 1 is 1.53 bits per heavy atom. The van der Waals surface area contributed by atoms with Crippen molar-refractivity contribution in [2.24, 2.45) is 5.73 Å². The van der Waals surface area contributed by atoms with E-state index in [1.54, 1.807) is 16.9 Å². The molecular formula is C11H13N5O3. The predicted octanol–water partition coefficient (Wildman–Crippen LogP) is -0.0801. The van der Waals surface area contributed by atoms with E-state index >= 15 is 0 Å². The average Bonchev–Trinajstić information content (AvgIpc) is 3.04. The molecule has 8 nitrogen and oxygen atoms in total. The lowest BCUT2D eigenvalue weighted by molar-refractivity contribution is 0.0936. The summed E-state index contributed by atoms with van der Waals surface area (Å²) in [5, 5.41) is 6.61. The standard InChI is InChI=1S/C11H13N5O3/c1-2-16-8(3-4-14-16)11(18)13-5-9-15-7(6-19-9)10(12)17/h3-4,6H,2,5H2,1H3,(H2,12,17)(H,13,18). The van der Waals surface area contributed by atoms with Gasteiger partial charge in [0, 0.05) is 12.7 Å². The molecule has 0 unspecified atom stereocenters. The van der Waals surface area contributed by atoms with Gasteiger partial charge in [-0.25, -0.2) is 4.98 Å². The van der Waals surface area contributed by atoms with Gasteiger partial charge in [-0.3, -0.25) is 14.3 Å². The lowest BCUT2D eigenvalue weighted by atomic mass is 10.4. The number of carbonyl (C=O) groups excluding carboxylic acids is 2. The van der Waals surface area contributed by atoms with Gasteiger partial charge in [-0.05, 0) is 13.0 Å². The number of hydrogen-bond acceptors (Lipinski definition) is 5. The van der Waals surface area contributed by atoms with Crippen LogP contribution in [0.3, 0.4) is 0 Å². The van der Waals surface area contributed by atoms with Crippen LogP contribution in [0.4, 0.5) is 0 Å². The van der Waals surface area contributed by atoms with Gasteiger partial charge in [-0.15, -0.1) is 0 Å². The van der Waals surface area contributed by atoms with E-state index in [4.69, 9.17) is 10.2 Å². The minimum atomic E-state index is -0.676. The minimum Gasteiger partial charge on any atom is -0.446 e. The third kappa shape index (κ3) is 2.79. The van der Waals surface area contributed by atoms with Crippen LogP contribution in [-0.2, 0) is 13.1 Å². The van der Waals surface area contributed by atoms with Crippen LogP contribution in [0.5, 0.6) is 0 Å². The zero-order chi connectivity index (χ0) is 13.8. The Morgan fingerprint density at radius 2 is 2.32 bits per heavy atom. The summed E-state index contributed by atoms with van der Waals surface area (Å²) in [5.74, 6) is -0.756. The molecule has 0 aliphatic heterocycles. The summed E-state index contributed by atoms with van der Waals surface area (Å²) in [6.07, 6.45) is 2.70. The molecule has 0 fully saturated rings. The normalized spacial score (nSPS) is 10.4. The molecule has 2 amide bonds. The molecule has 0 bridgehead atoms. The maximum Gasteiger partial charge on any atom is 0.270 e. The molecule has 0 radical (unpaired) electrons. The van der Waals surface area contributed by atoms with Crippen molar-refractivity contribution in [1.82, 2.24) is 20.1 Å². The molecule has 100 valence electrons. The van der Waals surface area contributed by atoms with E-state index in [-0.39, 0.29) is 24.0 Å². The number of oxazole rings is 1. The maximum atomic E-state index is 11.9. The van der Waals surface area contributed by atoms with Crippen molar-refractivity contribution in [3.63, 3.8) is 0 Å². The number of amides is 2. The number of primary amides is 1. The SMILES string of the molecule is CCn1nccc1C(=O)NCc1nc(C(N)=O)co1. The van der Waals surface area contributed by atoms with E-state index in [0.29, 0.717) is 12.2 Å². The molecule has 0 spiro atoms. The van der Waals surface area contributed by atoms with Crippen LogP contribution in [-0.4, -0.2) is 26.6 Å². The van der Waals surface area contributed by atoms with Gasteiger partial charge in [-0.2, -0.15) is 5.10 Å². The quantitative estimate of drug-likeness (QED) is 0.782. The van der Waals surface area contributed by atoms with Crippen LogP contribution in [0.2, 0.25) is 0 Å². The first-order chi connectivity index (χ1) is 9.11. The molecule has 2 heterocycles. The molecule has 8 heteroatoms. The predicted molar refractivity (Wildman–Crippen MR) is 64.1 cm³/mol. The van der Waals surface area contributed by atoms with Crippen molar-refractivity contribution in [2.45, 2.75) is 20.0 Å². The smallest absolute Gasteiger partial charge is 0.270 e. The van der Waals surface area contributed by atoms with Crippen molar-refractivity contribution in [3.8, 4) is 0 Å². The number of nitrogens with two attached hydrogens (primary N) is 1. The Hall–Kier alpha value is -2.64. The van der Waals surface area contributed by atoms with Crippen LogP contribution in [0.15, 0.2) is 22.9 Å². The van der Waals surface area contributed by atoms with Gasteiger partial charge < -0.3 is 15.5 Å². The summed E-state index contributed by atoms with van der Waals surface area (Å²) in [6, 6.07) is 1.61. The second-order valence-electron chi connectivity index (χ2n) is 3.71. The molecule has 3 N–H and O–H groups in total. The van der Waals surface area contributed by atoms with E-state index in [1.165, 1.54) is 0 Å². The van der Waals surface area contributed by atoms with E-state index in [2.05, 4.69) is 15.4 Å². The van der Waals surface area contributed by atoms with E-state index < -0.39 is 5.91 Å². The summed E-state index contributed by atoms with van der Waals surface area (Å²) in [6.45, 7) is 2.55. The minimum absolute atomic E-state index is 0.0304. The molecule has 0 aromatic carbocycles. The average molecular weight is 263 g/mol. The molecule has 0 saturated carbocycles. The van der Waals surface area contributed by atoms with E-state index in [1.807, 2.05) is 6.92 Å². The molecule has 0 saturated heterocycles. The van der Waals surface area contributed by atoms with Crippen LogP contribution in [0, 0.1) is 0 Å². The Morgan fingerprint density at radius 3 is 2.95 bits per heavy atom. The number of aryl methyl sites for hydroxylation is 1. The molecule has 19 heavy (non-hydrogen) atoms. The van der Waals surface area contributed by atoms with Crippen LogP contribution in [0.25, 0.3) is 0 Å². The van der Waals surface area contributed by atoms with Gasteiger partial charge in [-0.1, -0.05) is 0 Å². The summed E-state index contributed by atoms with van der Waals surface area (Å²) in [4.78, 5) is 26.5. The molecule has 0 aliphatic carbocycles. The topological polar surface area (TPSA) is 116 Å². The first-order valence-corrected chi connectivity index (χ1v) is 5.66. The number of aromatic nitrogens is 3. The number of rotatable bonds is 5. The van der Waals surface area contributed by atoms with Crippen LogP contribution >= 0.6 is 0 Å². The van der Waals surface area contributed by atoms with Gasteiger partial charge in [0.15, 0.2) is 5.69 Å². The van der Waals surface area contributed by atoms with Crippen molar-refractivity contribution in [3.05, 3.63) is 35.8 Å². The molecule has 0 aliphatic rings.